The Hall–Kier alpha value is -2.82. The van der Waals surface area contributed by atoms with Gasteiger partial charge in [0.1, 0.15) is 0 Å². The van der Waals surface area contributed by atoms with Crippen LogP contribution in [0.1, 0.15) is 55.5 Å². The fourth-order valence-corrected chi connectivity index (χ4v) is 4.87. The predicted octanol–water partition coefficient (Wildman–Crippen LogP) is 11.9. The van der Waals surface area contributed by atoms with Crippen LogP contribution in [0.15, 0.2) is 122 Å². The summed E-state index contributed by atoms with van der Waals surface area (Å²) < 4.78 is 0. The Labute approximate surface area is 254 Å². The number of benzene rings is 4. The van der Waals surface area contributed by atoms with Crippen molar-refractivity contribution >= 4 is 37.1 Å². The Balaban J connectivity index is 0.000000345. The molecule has 0 N–H and O–H groups in total. The van der Waals surface area contributed by atoms with Crippen molar-refractivity contribution in [2.75, 3.05) is 0 Å². The molecular weight excluding hydrogens is 603 g/mol. The summed E-state index contributed by atoms with van der Waals surface area (Å²) in [7, 11) is 3.50. The average Bonchev–Trinajstić information content (AvgIpc) is 3.22. The summed E-state index contributed by atoms with van der Waals surface area (Å²) in [5, 5.41) is 0. The first kappa shape index (κ1) is 32.4. The van der Waals surface area contributed by atoms with Crippen molar-refractivity contribution in [3.63, 3.8) is 0 Å². The molecule has 0 bridgehead atoms. The van der Waals surface area contributed by atoms with Crippen molar-refractivity contribution in [2.45, 2.75) is 46.5 Å². The lowest BCUT2D eigenvalue weighted by molar-refractivity contribution is 0.660. The van der Waals surface area contributed by atoms with Crippen molar-refractivity contribution in [1.82, 2.24) is 0 Å². The van der Waals surface area contributed by atoms with E-state index in [1.54, 1.807) is 0 Å². The Bertz CT molecular complexity index is 1380. The van der Waals surface area contributed by atoms with Crippen LogP contribution in [0.25, 0.3) is 28.3 Å². The minimum Gasteiger partial charge on any atom is -0.107 e. The van der Waals surface area contributed by atoms with Crippen LogP contribution >= 0.6 is 31.0 Å². The summed E-state index contributed by atoms with van der Waals surface area (Å²) in [6, 6.07) is 33.0. The number of allylic oxidation sites excluding steroid dienone is 3. The third kappa shape index (κ3) is 8.09. The van der Waals surface area contributed by atoms with E-state index < -0.39 is 0 Å². The second-order valence-corrected chi connectivity index (χ2v) is 9.74. The van der Waals surface area contributed by atoms with Crippen molar-refractivity contribution in [2.24, 2.45) is 0 Å². The maximum Gasteiger partial charge on any atom is 0.0159 e. The van der Waals surface area contributed by atoms with Gasteiger partial charge in [0.2, 0.25) is 0 Å². The topological polar surface area (TPSA) is 0 Å². The normalized spacial score (nSPS) is 12.3. The van der Waals surface area contributed by atoms with Crippen LogP contribution in [-0.4, -0.2) is 0 Å². The quantitative estimate of drug-likeness (QED) is 0.0972. The van der Waals surface area contributed by atoms with Gasteiger partial charge >= 0.3 is 0 Å². The van der Waals surface area contributed by atoms with Gasteiger partial charge < -0.3 is 0 Å². The van der Waals surface area contributed by atoms with Gasteiger partial charge in [-0.05, 0) is 92.0 Å². The van der Waals surface area contributed by atoms with Gasteiger partial charge in [0.05, 0.1) is 0 Å². The lowest BCUT2D eigenvalue weighted by Crippen LogP contribution is -2.14. The molecule has 0 aliphatic heterocycles. The van der Waals surface area contributed by atoms with Gasteiger partial charge in [0.25, 0.3) is 0 Å². The lowest BCUT2D eigenvalue weighted by Gasteiger charge is -2.22. The van der Waals surface area contributed by atoms with Crippen molar-refractivity contribution < 1.29 is 0 Å². The molecule has 0 fully saturated rings. The summed E-state index contributed by atoms with van der Waals surface area (Å²) in [6.07, 6.45) is 9.54. The molecule has 4 aromatic rings. The smallest absolute Gasteiger partial charge is 0.0159 e. The number of aryl methyl sites for hydroxylation is 2. The Morgan fingerprint density at radius 2 is 1.33 bits per heavy atom. The fraction of sp³-hybridized carbons (Fsp3) is 0.189. The molecule has 0 unspecified atom stereocenters. The lowest BCUT2D eigenvalue weighted by atomic mass is 9.81. The first-order chi connectivity index (χ1) is 19.0. The number of hydrogen-bond acceptors (Lipinski definition) is 1. The molecule has 202 valence electrons. The number of rotatable bonds is 4. The number of thiol groups is 1. The van der Waals surface area contributed by atoms with E-state index in [1.807, 2.05) is 34.2 Å². The summed E-state index contributed by atoms with van der Waals surface area (Å²) in [4.78, 5) is 0. The summed E-state index contributed by atoms with van der Waals surface area (Å²) in [5.74, 6) is 0. The van der Waals surface area contributed by atoms with Crippen LogP contribution in [0.3, 0.4) is 0 Å². The molecule has 4 aromatic carbocycles. The Morgan fingerprint density at radius 1 is 0.744 bits per heavy atom. The van der Waals surface area contributed by atoms with E-state index in [0.29, 0.717) is 0 Å². The van der Waals surface area contributed by atoms with Crippen LogP contribution in [0.2, 0.25) is 0 Å². The zero-order valence-electron chi connectivity index (χ0n) is 23.9. The maximum atomic E-state index is 3.50. The van der Waals surface area contributed by atoms with Crippen molar-refractivity contribution in [3.8, 4) is 22.3 Å². The van der Waals surface area contributed by atoms with Gasteiger partial charge in [-0.3, -0.25) is 0 Å². The van der Waals surface area contributed by atoms with Gasteiger partial charge in [-0.2, -0.15) is 0 Å². The van der Waals surface area contributed by atoms with Crippen LogP contribution in [0, 0.1) is 6.92 Å². The highest BCUT2D eigenvalue weighted by Gasteiger charge is 2.35. The molecular formula is C37H41IS. The van der Waals surface area contributed by atoms with E-state index >= 15 is 0 Å². The Morgan fingerprint density at radius 3 is 1.97 bits per heavy atom. The first-order valence-corrected chi connectivity index (χ1v) is 16.5. The van der Waals surface area contributed by atoms with Crippen molar-refractivity contribution in [1.29, 1.82) is 0 Å². The van der Waals surface area contributed by atoms with E-state index in [4.69, 9.17) is 0 Å². The average molecular weight is 645 g/mol. The monoisotopic (exact) mass is 644 g/mol. The third-order valence-electron chi connectivity index (χ3n) is 6.96. The zero-order chi connectivity index (χ0) is 28.8. The van der Waals surface area contributed by atoms with E-state index in [2.05, 4.69) is 160 Å². The number of hydrogen-bond donors (Lipinski definition) is 1. The van der Waals surface area contributed by atoms with Crippen molar-refractivity contribution in [3.05, 3.63) is 150 Å². The standard InChI is InChI=1S/C26H24.C9H12.C2H4.HIS/c1-4-5-6-11-19-12-7-8-13-21(19)20-16-17-23-22-14-9-10-15-24(22)26(2,3)25(23)18-20;1-3-9-6-4-8(2)5-7-9;2*1-2/h4-18H,1-3H3;4-7H,3H2,1-2H3;1-2H2;2H/b5-4+,11-6-;;;. The zero-order valence-corrected chi connectivity index (χ0v) is 27.0. The molecule has 0 nitrogen and oxygen atoms in total. The van der Waals surface area contributed by atoms with Crippen LogP contribution < -0.4 is 0 Å². The molecule has 0 atom stereocenters. The number of halogens is 1. The van der Waals surface area contributed by atoms with E-state index in [1.165, 1.54) is 50.1 Å². The molecule has 0 saturated carbocycles. The van der Waals surface area contributed by atoms with Gasteiger partial charge in [-0.25, -0.2) is 0 Å². The van der Waals surface area contributed by atoms with Crippen LogP contribution in [0.4, 0.5) is 0 Å². The summed E-state index contributed by atoms with van der Waals surface area (Å²) in [6.45, 7) is 17.0. The highest BCUT2D eigenvalue weighted by molar-refractivity contribution is 14.2. The molecule has 0 aromatic heterocycles. The molecule has 0 amide bonds. The summed E-state index contributed by atoms with van der Waals surface area (Å²) in [5.41, 5.74) is 12.2. The molecule has 39 heavy (non-hydrogen) atoms. The molecule has 0 saturated heterocycles. The molecule has 5 rings (SSSR count). The minimum absolute atomic E-state index is 0.0394. The van der Waals surface area contributed by atoms with Crippen LogP contribution in [-0.2, 0) is 11.8 Å². The van der Waals surface area contributed by atoms with E-state index in [9.17, 15) is 0 Å². The van der Waals surface area contributed by atoms with Gasteiger partial charge in [-0.15, -0.1) is 23.0 Å². The highest BCUT2D eigenvalue weighted by Crippen LogP contribution is 2.49. The SMILES string of the molecule is C/C=C/C=C\c1ccccc1-c1ccc2c(c1)C(C)(C)c1ccccc1-2.C=C.CCc1ccc(C)cc1.SI. The molecule has 0 spiro atoms. The minimum atomic E-state index is 0.0394. The molecule has 2 heteroatoms. The number of fused-ring (bicyclic) bond motifs is 3. The second-order valence-electron chi connectivity index (χ2n) is 9.74. The van der Waals surface area contributed by atoms with Gasteiger partial charge in [-0.1, -0.05) is 136 Å². The van der Waals surface area contributed by atoms with Gasteiger partial charge in [0.15, 0.2) is 0 Å². The Kier molecular flexibility index (Phi) is 13.6. The van der Waals surface area contributed by atoms with E-state index in [-0.39, 0.29) is 5.41 Å². The highest BCUT2D eigenvalue weighted by atomic mass is 127. The first-order valence-electron chi connectivity index (χ1n) is 13.3. The molecule has 1 aliphatic carbocycles. The largest absolute Gasteiger partial charge is 0.107 e. The van der Waals surface area contributed by atoms with Gasteiger partial charge in [0, 0.05) is 5.41 Å². The second kappa shape index (κ2) is 16.3. The van der Waals surface area contributed by atoms with E-state index in [0.717, 1.165) is 6.42 Å². The third-order valence-corrected chi connectivity index (χ3v) is 6.96. The fourth-order valence-electron chi connectivity index (χ4n) is 4.87. The summed E-state index contributed by atoms with van der Waals surface area (Å²) >= 11 is 1.84. The maximum absolute atomic E-state index is 3.50. The molecule has 0 radical (unpaired) electrons. The predicted molar refractivity (Wildman–Crippen MR) is 188 cm³/mol. The van der Waals surface area contributed by atoms with Crippen LogP contribution in [0.5, 0.6) is 0 Å². The molecule has 1 aliphatic rings. The molecule has 0 heterocycles.